The van der Waals surface area contributed by atoms with E-state index < -0.39 is 0 Å². The molecule has 0 spiro atoms. The van der Waals surface area contributed by atoms with Crippen LogP contribution in [0.5, 0.6) is 0 Å². The zero-order chi connectivity index (χ0) is 41.7. The molecule has 12 rings (SSSR count). The Balaban J connectivity index is 1.03. The molecule has 0 unspecified atom stereocenters. The van der Waals surface area contributed by atoms with Gasteiger partial charge in [-0.15, -0.1) is 0 Å². The third-order valence-corrected chi connectivity index (χ3v) is 12.4. The third kappa shape index (κ3) is 6.38. The number of hydrogen-bond donors (Lipinski definition) is 0. The van der Waals surface area contributed by atoms with Crippen molar-refractivity contribution < 1.29 is 4.42 Å². The molecule has 3 heteroatoms. The maximum absolute atomic E-state index is 6.52. The highest BCUT2D eigenvalue weighted by Crippen LogP contribution is 2.45. The SMILES string of the molecule is c1ccc(-c2ccc(-c3ccc(N(c4ccccc4)c4ccc(-c5ccccc5-n5c6ccccc6c6ccccc65)c(-c5ccc6c(c5)oc5ccccc56)c4)cc3)cc2)cc1. The van der Waals surface area contributed by atoms with Crippen LogP contribution in [0.3, 0.4) is 0 Å². The average Bonchev–Trinajstić information content (AvgIpc) is 3.90. The summed E-state index contributed by atoms with van der Waals surface area (Å²) in [6.07, 6.45) is 0. The largest absolute Gasteiger partial charge is 0.456 e. The molecule has 0 saturated carbocycles. The summed E-state index contributed by atoms with van der Waals surface area (Å²) in [5, 5.41) is 4.71. The molecule has 63 heavy (non-hydrogen) atoms. The summed E-state index contributed by atoms with van der Waals surface area (Å²) in [7, 11) is 0. The Hall–Kier alpha value is -8.40. The number of rotatable bonds is 8. The second kappa shape index (κ2) is 15.3. The molecule has 296 valence electrons. The zero-order valence-electron chi connectivity index (χ0n) is 34.4. The van der Waals surface area contributed by atoms with Crippen molar-refractivity contribution in [2.75, 3.05) is 4.90 Å². The molecule has 0 atom stereocenters. The van der Waals surface area contributed by atoms with Gasteiger partial charge in [0.1, 0.15) is 11.2 Å². The summed E-state index contributed by atoms with van der Waals surface area (Å²) in [6.45, 7) is 0. The van der Waals surface area contributed by atoms with Gasteiger partial charge in [0.25, 0.3) is 0 Å². The van der Waals surface area contributed by atoms with E-state index in [0.717, 1.165) is 66.9 Å². The number of para-hydroxylation sites is 5. The lowest BCUT2D eigenvalue weighted by molar-refractivity contribution is 0.669. The molecule has 0 amide bonds. The molecule has 0 fully saturated rings. The smallest absolute Gasteiger partial charge is 0.136 e. The van der Waals surface area contributed by atoms with Gasteiger partial charge in [-0.2, -0.15) is 0 Å². The molecule has 0 aliphatic carbocycles. The fourth-order valence-corrected chi connectivity index (χ4v) is 9.43. The quantitative estimate of drug-likeness (QED) is 0.153. The minimum Gasteiger partial charge on any atom is -0.456 e. The molecule has 0 saturated heterocycles. The zero-order valence-corrected chi connectivity index (χ0v) is 34.4. The van der Waals surface area contributed by atoms with E-state index in [1.807, 2.05) is 12.1 Å². The van der Waals surface area contributed by atoms with Crippen molar-refractivity contribution >= 4 is 60.8 Å². The van der Waals surface area contributed by atoms with E-state index in [9.17, 15) is 0 Å². The summed E-state index contributed by atoms with van der Waals surface area (Å²) in [6, 6.07) is 87.1. The first-order valence-corrected chi connectivity index (χ1v) is 21.5. The molecule has 0 aliphatic heterocycles. The van der Waals surface area contributed by atoms with Gasteiger partial charge in [-0.3, -0.25) is 0 Å². The molecule has 2 heterocycles. The topological polar surface area (TPSA) is 21.3 Å². The second-order valence-electron chi connectivity index (χ2n) is 16.1. The van der Waals surface area contributed by atoms with Gasteiger partial charge in [0.2, 0.25) is 0 Å². The number of aromatic nitrogens is 1. The Morgan fingerprint density at radius 3 is 1.48 bits per heavy atom. The maximum atomic E-state index is 6.52. The molecule has 10 aromatic carbocycles. The van der Waals surface area contributed by atoms with Crippen molar-refractivity contribution in [3.05, 3.63) is 243 Å². The fourth-order valence-electron chi connectivity index (χ4n) is 9.43. The highest BCUT2D eigenvalue weighted by Gasteiger charge is 2.21. The molecule has 0 radical (unpaired) electrons. The van der Waals surface area contributed by atoms with Gasteiger partial charge < -0.3 is 13.9 Å². The molecule has 3 nitrogen and oxygen atoms in total. The Morgan fingerprint density at radius 2 is 0.778 bits per heavy atom. The molecule has 12 aromatic rings. The first kappa shape index (κ1) is 36.5. The van der Waals surface area contributed by atoms with Gasteiger partial charge >= 0.3 is 0 Å². The van der Waals surface area contributed by atoms with Crippen LogP contribution < -0.4 is 4.90 Å². The Kier molecular flexibility index (Phi) is 8.83. The molecular weight excluding hydrogens is 765 g/mol. The number of fused-ring (bicyclic) bond motifs is 6. The number of benzene rings is 10. The molecule has 0 aliphatic rings. The minimum absolute atomic E-state index is 0.869. The fraction of sp³-hybridized carbons (Fsp3) is 0. The van der Waals surface area contributed by atoms with Crippen molar-refractivity contribution in [1.29, 1.82) is 0 Å². The van der Waals surface area contributed by atoms with Crippen molar-refractivity contribution in [3.8, 4) is 50.2 Å². The predicted octanol–water partition coefficient (Wildman–Crippen LogP) is 16.8. The second-order valence-corrected chi connectivity index (χ2v) is 16.1. The van der Waals surface area contributed by atoms with Crippen molar-refractivity contribution in [1.82, 2.24) is 4.57 Å². The Labute approximate surface area is 366 Å². The van der Waals surface area contributed by atoms with Crippen LogP contribution in [0, 0.1) is 0 Å². The van der Waals surface area contributed by atoms with Crippen LogP contribution in [0.15, 0.2) is 247 Å². The van der Waals surface area contributed by atoms with Crippen LogP contribution in [0.1, 0.15) is 0 Å². The van der Waals surface area contributed by atoms with Gasteiger partial charge in [0.15, 0.2) is 0 Å². The summed E-state index contributed by atoms with van der Waals surface area (Å²) < 4.78 is 8.94. The highest BCUT2D eigenvalue weighted by molar-refractivity contribution is 6.10. The van der Waals surface area contributed by atoms with Crippen molar-refractivity contribution in [3.63, 3.8) is 0 Å². The van der Waals surface area contributed by atoms with Crippen molar-refractivity contribution in [2.45, 2.75) is 0 Å². The van der Waals surface area contributed by atoms with Crippen molar-refractivity contribution in [2.24, 2.45) is 0 Å². The van der Waals surface area contributed by atoms with Gasteiger partial charge in [0.05, 0.1) is 16.7 Å². The van der Waals surface area contributed by atoms with E-state index in [1.54, 1.807) is 0 Å². The van der Waals surface area contributed by atoms with Crippen LogP contribution in [-0.2, 0) is 0 Å². The number of furan rings is 1. The molecule has 0 N–H and O–H groups in total. The van der Waals surface area contributed by atoms with Gasteiger partial charge in [-0.25, -0.2) is 0 Å². The first-order valence-electron chi connectivity index (χ1n) is 21.5. The summed E-state index contributed by atoms with van der Waals surface area (Å²) in [4.78, 5) is 2.36. The number of hydrogen-bond acceptors (Lipinski definition) is 2. The Morgan fingerprint density at radius 1 is 0.286 bits per heavy atom. The van der Waals surface area contributed by atoms with Crippen LogP contribution in [-0.4, -0.2) is 4.57 Å². The third-order valence-electron chi connectivity index (χ3n) is 12.4. The molecule has 0 bridgehead atoms. The lowest BCUT2D eigenvalue weighted by Crippen LogP contribution is -2.10. The van der Waals surface area contributed by atoms with E-state index in [2.05, 4.69) is 240 Å². The first-order chi connectivity index (χ1) is 31.2. The monoisotopic (exact) mass is 804 g/mol. The van der Waals surface area contributed by atoms with E-state index in [1.165, 1.54) is 44.1 Å². The number of anilines is 3. The maximum Gasteiger partial charge on any atom is 0.136 e. The normalized spacial score (nSPS) is 11.5. The van der Waals surface area contributed by atoms with E-state index in [-0.39, 0.29) is 0 Å². The van der Waals surface area contributed by atoms with E-state index in [0.29, 0.717) is 0 Å². The van der Waals surface area contributed by atoms with Crippen LogP contribution in [0.25, 0.3) is 93.9 Å². The Bertz CT molecular complexity index is 3550. The summed E-state index contributed by atoms with van der Waals surface area (Å²) >= 11 is 0. The van der Waals surface area contributed by atoms with Crippen LogP contribution in [0.4, 0.5) is 17.1 Å². The van der Waals surface area contributed by atoms with Crippen LogP contribution >= 0.6 is 0 Å². The lowest BCUT2D eigenvalue weighted by Gasteiger charge is -2.27. The lowest BCUT2D eigenvalue weighted by atomic mass is 9.92. The van der Waals surface area contributed by atoms with E-state index >= 15 is 0 Å². The standard InChI is InChI=1S/C60H40N2O/c1-3-15-41(16-4-1)42-27-29-43(30-28-42)44-31-34-47(35-32-44)61(46-17-5-2-6-18-46)48-36-38-49(55(40-48)45-33-37-54-53-22-10-14-26-59(53)63-60(54)39-45)50-19-7-11-23-56(50)62-57-24-12-8-20-51(57)52-21-9-13-25-58(52)62/h1-40H. The minimum atomic E-state index is 0.869. The molecular formula is C60H40N2O. The van der Waals surface area contributed by atoms with E-state index in [4.69, 9.17) is 4.42 Å². The average molecular weight is 805 g/mol. The molecule has 2 aromatic heterocycles. The predicted molar refractivity (Wildman–Crippen MR) is 264 cm³/mol. The summed E-state index contributed by atoms with van der Waals surface area (Å²) in [5.74, 6) is 0. The highest BCUT2D eigenvalue weighted by atomic mass is 16.3. The summed E-state index contributed by atoms with van der Waals surface area (Å²) in [5.41, 5.74) is 17.7. The van der Waals surface area contributed by atoms with Crippen LogP contribution in [0.2, 0.25) is 0 Å². The van der Waals surface area contributed by atoms with Gasteiger partial charge in [0, 0.05) is 44.2 Å². The van der Waals surface area contributed by atoms with Gasteiger partial charge in [-0.05, 0) is 112 Å². The van der Waals surface area contributed by atoms with Gasteiger partial charge in [-0.1, -0.05) is 170 Å². The number of nitrogens with zero attached hydrogens (tertiary/aromatic N) is 2.